The molecule has 1 aromatic rings. The Morgan fingerprint density at radius 3 is 2.39 bits per heavy atom. The van der Waals surface area contributed by atoms with Crippen LogP contribution in [-0.2, 0) is 20.7 Å². The van der Waals surface area contributed by atoms with Gasteiger partial charge >= 0.3 is 0 Å². The van der Waals surface area contributed by atoms with E-state index in [0.29, 0.717) is 44.1 Å². The molecule has 1 N–H and O–H groups in total. The predicted molar refractivity (Wildman–Crippen MR) is 144 cm³/mol. The van der Waals surface area contributed by atoms with Gasteiger partial charge in [-0.3, -0.25) is 4.79 Å². The maximum Gasteiger partial charge on any atom is 0.161 e. The van der Waals surface area contributed by atoms with E-state index in [1.54, 1.807) is 13.0 Å². The second-order valence-corrected chi connectivity index (χ2v) is 10.7. The highest BCUT2D eigenvalue weighted by Crippen LogP contribution is 2.41. The zero-order valence-electron chi connectivity index (χ0n) is 22.4. The van der Waals surface area contributed by atoms with E-state index in [1.807, 2.05) is 18.2 Å². The van der Waals surface area contributed by atoms with Crippen LogP contribution in [0.2, 0.25) is 0 Å². The zero-order chi connectivity index (χ0) is 25.8. The van der Waals surface area contributed by atoms with Crippen molar-refractivity contribution in [2.75, 3.05) is 6.61 Å². The molecule has 0 saturated heterocycles. The lowest BCUT2D eigenvalue weighted by atomic mass is 9.88. The van der Waals surface area contributed by atoms with Gasteiger partial charge in [-0.2, -0.15) is 0 Å². The lowest BCUT2D eigenvalue weighted by Crippen LogP contribution is -2.14. The molecular formula is C31H46O5. The predicted octanol–water partition coefficient (Wildman–Crippen LogP) is 7.37. The number of phenolic OH excluding ortho intramolecular Hbond substituents is 1. The second-order valence-electron chi connectivity index (χ2n) is 10.7. The molecule has 0 bridgehead atoms. The molecule has 0 aromatic heterocycles. The highest BCUT2D eigenvalue weighted by Gasteiger charge is 2.24. The molecule has 0 heterocycles. The summed E-state index contributed by atoms with van der Waals surface area (Å²) >= 11 is 0. The summed E-state index contributed by atoms with van der Waals surface area (Å²) in [6.45, 7) is 4.34. The molecule has 36 heavy (non-hydrogen) atoms. The number of carbonyl (C=O) groups excluding carboxylic acids is 2. The van der Waals surface area contributed by atoms with Crippen molar-refractivity contribution in [1.82, 2.24) is 0 Å². The molecule has 1 aromatic carbocycles. The number of unbranched alkanes of at least 4 members (excludes halogenated alkanes) is 1. The van der Waals surface area contributed by atoms with E-state index in [9.17, 15) is 14.7 Å². The zero-order valence-corrected chi connectivity index (χ0v) is 22.4. The Morgan fingerprint density at radius 1 is 1.03 bits per heavy atom. The lowest BCUT2D eigenvalue weighted by Gasteiger charge is -2.23. The summed E-state index contributed by atoms with van der Waals surface area (Å²) in [7, 11) is 0. The van der Waals surface area contributed by atoms with Gasteiger partial charge in [-0.15, -0.1) is 0 Å². The molecule has 3 rings (SSSR count). The number of allylic oxidation sites excluding steroid dienone is 2. The number of hydrogen-bond acceptors (Lipinski definition) is 5. The number of hydrogen-bond donors (Lipinski definition) is 1. The van der Waals surface area contributed by atoms with Crippen molar-refractivity contribution >= 4 is 11.6 Å². The third kappa shape index (κ3) is 9.38. The summed E-state index contributed by atoms with van der Waals surface area (Å²) < 4.78 is 12.4. The summed E-state index contributed by atoms with van der Waals surface area (Å²) in [6, 6.07) is 3.94. The van der Waals surface area contributed by atoms with Gasteiger partial charge in [0.05, 0.1) is 12.2 Å². The van der Waals surface area contributed by atoms with E-state index in [4.69, 9.17) is 9.47 Å². The van der Waals surface area contributed by atoms with Gasteiger partial charge in [-0.1, -0.05) is 38.3 Å². The molecule has 0 radical (unpaired) electrons. The first-order valence-electron chi connectivity index (χ1n) is 14.3. The molecule has 2 aliphatic carbocycles. The smallest absolute Gasteiger partial charge is 0.161 e. The molecule has 0 spiro atoms. The van der Waals surface area contributed by atoms with Crippen LogP contribution in [0.25, 0.3) is 0 Å². The molecule has 2 aliphatic rings. The number of aromatic hydroxyl groups is 1. The number of rotatable bonds is 16. The normalized spacial score (nSPS) is 17.7. The van der Waals surface area contributed by atoms with Crippen LogP contribution < -0.4 is 4.74 Å². The van der Waals surface area contributed by atoms with Crippen LogP contribution in [0.3, 0.4) is 0 Å². The van der Waals surface area contributed by atoms with Crippen molar-refractivity contribution in [2.24, 2.45) is 0 Å². The van der Waals surface area contributed by atoms with Crippen molar-refractivity contribution in [3.05, 3.63) is 35.4 Å². The van der Waals surface area contributed by atoms with E-state index >= 15 is 0 Å². The Labute approximate surface area is 217 Å². The van der Waals surface area contributed by atoms with Crippen molar-refractivity contribution in [3.8, 4) is 11.5 Å². The second kappa shape index (κ2) is 15.2. The van der Waals surface area contributed by atoms with Crippen LogP contribution in [0, 0.1) is 0 Å². The molecule has 0 aliphatic heterocycles. The fourth-order valence-electron chi connectivity index (χ4n) is 5.42. The van der Waals surface area contributed by atoms with Crippen LogP contribution in [-0.4, -0.2) is 35.5 Å². The molecule has 2 saturated carbocycles. The van der Waals surface area contributed by atoms with Gasteiger partial charge < -0.3 is 19.4 Å². The van der Waals surface area contributed by atoms with Crippen molar-refractivity contribution < 1.29 is 24.2 Å². The number of ketones is 2. The summed E-state index contributed by atoms with van der Waals surface area (Å²) in [5.41, 5.74) is 1.82. The molecule has 1 atom stereocenters. The average Bonchev–Trinajstić information content (AvgIpc) is 3.56. The Bertz CT molecular complexity index is 862. The largest absolute Gasteiger partial charge is 0.504 e. The SMILES string of the molecule is CCC/C=C/C(=O)CCc1cc(OC2CCCC2)c(O)c([C@H](CCOC2CCCC2)CCC(C)=O)c1. The summed E-state index contributed by atoms with van der Waals surface area (Å²) in [5.74, 6) is 0.983. The van der Waals surface area contributed by atoms with Gasteiger partial charge in [-0.05, 0) is 94.8 Å². The molecule has 200 valence electrons. The fourth-order valence-corrected chi connectivity index (χ4v) is 5.42. The minimum atomic E-state index is 0.00123. The molecule has 0 amide bonds. The Balaban J connectivity index is 1.79. The van der Waals surface area contributed by atoms with E-state index in [1.165, 1.54) is 12.8 Å². The van der Waals surface area contributed by atoms with Crippen molar-refractivity contribution in [2.45, 2.75) is 128 Å². The lowest BCUT2D eigenvalue weighted by molar-refractivity contribution is -0.117. The highest BCUT2D eigenvalue weighted by atomic mass is 16.5. The van der Waals surface area contributed by atoms with E-state index in [-0.39, 0.29) is 29.3 Å². The number of Topliss-reactive ketones (excluding diaryl/α,β-unsaturated/α-hetero) is 1. The Hall–Kier alpha value is -2.14. The minimum Gasteiger partial charge on any atom is -0.504 e. The molecule has 0 unspecified atom stereocenters. The average molecular weight is 499 g/mol. The Kier molecular flexibility index (Phi) is 12.0. The first kappa shape index (κ1) is 28.4. The van der Waals surface area contributed by atoms with Gasteiger partial charge in [-0.25, -0.2) is 0 Å². The monoisotopic (exact) mass is 498 g/mol. The summed E-state index contributed by atoms with van der Waals surface area (Å²) in [5, 5.41) is 11.3. The topological polar surface area (TPSA) is 72.8 Å². The van der Waals surface area contributed by atoms with E-state index < -0.39 is 0 Å². The van der Waals surface area contributed by atoms with Crippen LogP contribution in [0.5, 0.6) is 11.5 Å². The van der Waals surface area contributed by atoms with Gasteiger partial charge in [0, 0.05) is 25.0 Å². The Morgan fingerprint density at radius 2 is 1.72 bits per heavy atom. The van der Waals surface area contributed by atoms with E-state index in [0.717, 1.165) is 68.9 Å². The highest BCUT2D eigenvalue weighted by molar-refractivity contribution is 5.89. The number of ether oxygens (including phenoxy) is 2. The van der Waals surface area contributed by atoms with Crippen LogP contribution in [0.4, 0.5) is 0 Å². The number of carbonyl (C=O) groups is 2. The van der Waals surface area contributed by atoms with Crippen LogP contribution in [0.15, 0.2) is 24.3 Å². The maximum atomic E-state index is 12.4. The molecular weight excluding hydrogens is 452 g/mol. The summed E-state index contributed by atoms with van der Waals surface area (Å²) in [6.07, 6.45) is 18.0. The van der Waals surface area contributed by atoms with E-state index in [2.05, 4.69) is 6.92 Å². The molecule has 5 nitrogen and oxygen atoms in total. The van der Waals surface area contributed by atoms with Gasteiger partial charge in [0.2, 0.25) is 0 Å². The molecule has 5 heteroatoms. The van der Waals surface area contributed by atoms with Crippen LogP contribution in [0.1, 0.15) is 121 Å². The third-order valence-electron chi connectivity index (χ3n) is 7.59. The fraction of sp³-hybridized carbons (Fsp3) is 0.677. The minimum absolute atomic E-state index is 0.00123. The number of aryl methyl sites for hydroxylation is 1. The van der Waals surface area contributed by atoms with Crippen molar-refractivity contribution in [1.29, 1.82) is 0 Å². The van der Waals surface area contributed by atoms with Gasteiger partial charge in [0.25, 0.3) is 0 Å². The quantitative estimate of drug-likeness (QED) is 0.241. The molecule has 2 fully saturated rings. The van der Waals surface area contributed by atoms with Crippen molar-refractivity contribution in [3.63, 3.8) is 0 Å². The first-order chi connectivity index (χ1) is 17.5. The number of phenols is 1. The summed E-state index contributed by atoms with van der Waals surface area (Å²) in [4.78, 5) is 24.2. The maximum absolute atomic E-state index is 12.4. The third-order valence-corrected chi connectivity index (χ3v) is 7.59. The number of benzene rings is 1. The first-order valence-corrected chi connectivity index (χ1v) is 14.3. The van der Waals surface area contributed by atoms with Crippen LogP contribution >= 0.6 is 0 Å². The standard InChI is InChI=1S/C31H46O5/c1-3-4-5-10-26(33)18-16-24-21-29(31(34)30(22-24)36-28-13-8-9-14-28)25(17-15-23(2)32)19-20-35-27-11-6-7-12-27/h5,10,21-22,25,27-28,34H,3-4,6-9,11-20H2,1-2H3/b10-5+/t25-/m0/s1. The van der Waals surface area contributed by atoms with Gasteiger partial charge in [0.15, 0.2) is 17.3 Å². The van der Waals surface area contributed by atoms with Gasteiger partial charge in [0.1, 0.15) is 5.78 Å².